The Kier molecular flexibility index (Phi) is 9.69. The second-order valence-corrected chi connectivity index (χ2v) is 12.3. The van der Waals surface area contributed by atoms with Crippen molar-refractivity contribution in [3.05, 3.63) is 60.0 Å². The first-order valence-corrected chi connectivity index (χ1v) is 15.8. The quantitative estimate of drug-likeness (QED) is 0.166. The third kappa shape index (κ3) is 5.89. The van der Waals surface area contributed by atoms with Crippen LogP contribution in [0.25, 0.3) is 33.4 Å². The lowest BCUT2D eigenvalue weighted by atomic mass is 9.93. The van der Waals surface area contributed by atoms with Crippen LogP contribution in [0.4, 0.5) is 5.69 Å². The molecule has 0 amide bonds. The Labute approximate surface area is 241 Å². The molecule has 2 N–H and O–H groups in total. The van der Waals surface area contributed by atoms with Crippen LogP contribution < -0.4 is 32.0 Å². The topological polar surface area (TPSA) is 120 Å². The SMILES string of the molecule is CCN(CC)c1ccc2c(-c3ccc(S(=O)(=O)O)cc3S(=O)(=O)NC)c3ccc(=[N+](CC)CC)cc-3oc2c1.[Cl-]. The van der Waals surface area contributed by atoms with Crippen LogP contribution in [-0.4, -0.2) is 54.6 Å². The highest BCUT2D eigenvalue weighted by molar-refractivity contribution is 7.89. The molecule has 40 heavy (non-hydrogen) atoms. The highest BCUT2D eigenvalue weighted by atomic mass is 35.5. The Bertz CT molecular complexity index is 1790. The maximum absolute atomic E-state index is 13.2. The summed E-state index contributed by atoms with van der Waals surface area (Å²) in [6.07, 6.45) is 0. The number of anilines is 1. The lowest BCUT2D eigenvalue weighted by Gasteiger charge is -2.23. The van der Waals surface area contributed by atoms with Crippen LogP contribution in [0.3, 0.4) is 0 Å². The molecule has 1 heterocycles. The van der Waals surface area contributed by atoms with Crippen LogP contribution in [0, 0.1) is 0 Å². The minimum absolute atomic E-state index is 0. The summed E-state index contributed by atoms with van der Waals surface area (Å²) >= 11 is 0. The van der Waals surface area contributed by atoms with E-state index in [9.17, 15) is 21.4 Å². The van der Waals surface area contributed by atoms with E-state index in [-0.39, 0.29) is 22.9 Å². The fourth-order valence-corrected chi connectivity index (χ4v) is 6.47. The van der Waals surface area contributed by atoms with Crippen molar-refractivity contribution >= 4 is 36.8 Å². The summed E-state index contributed by atoms with van der Waals surface area (Å²) < 4.78 is 70.7. The van der Waals surface area contributed by atoms with Crippen LogP contribution in [-0.2, 0) is 20.1 Å². The molecule has 2 aromatic carbocycles. The Morgan fingerprint density at radius 2 is 1.52 bits per heavy atom. The van der Waals surface area contributed by atoms with Gasteiger partial charge in [-0.2, -0.15) is 8.42 Å². The minimum atomic E-state index is -4.64. The number of nitrogens with one attached hydrogen (secondary N) is 1. The number of nitrogens with zero attached hydrogens (tertiary/aromatic N) is 2. The molecule has 9 nitrogen and oxygen atoms in total. The smallest absolute Gasteiger partial charge is 0.294 e. The molecular formula is C28H34ClN3O6S2. The number of hydrogen-bond donors (Lipinski definition) is 2. The molecule has 1 aliphatic carbocycles. The summed E-state index contributed by atoms with van der Waals surface area (Å²) in [5, 5.41) is 1.63. The number of sulfonamides is 1. The number of hydrogen-bond acceptors (Lipinski definition) is 6. The van der Waals surface area contributed by atoms with E-state index in [1.165, 1.54) is 19.2 Å². The molecule has 0 bridgehead atoms. The van der Waals surface area contributed by atoms with Crippen molar-refractivity contribution in [1.82, 2.24) is 9.30 Å². The summed E-state index contributed by atoms with van der Waals surface area (Å²) in [5.41, 5.74) is 3.06. The minimum Gasteiger partial charge on any atom is -1.00 e. The molecule has 12 heteroatoms. The van der Waals surface area contributed by atoms with Gasteiger partial charge in [0.2, 0.25) is 15.4 Å². The van der Waals surface area contributed by atoms with E-state index in [1.807, 2.05) is 36.4 Å². The molecule has 0 saturated carbocycles. The average molecular weight is 608 g/mol. The lowest BCUT2D eigenvalue weighted by Crippen LogP contribution is -3.00. The third-order valence-electron chi connectivity index (χ3n) is 7.02. The summed E-state index contributed by atoms with van der Waals surface area (Å²) in [5.74, 6) is 0.560. The van der Waals surface area contributed by atoms with Crippen molar-refractivity contribution in [1.29, 1.82) is 0 Å². The van der Waals surface area contributed by atoms with Gasteiger partial charge >= 0.3 is 0 Å². The number of fused-ring (bicyclic) bond motifs is 2. The third-order valence-corrected chi connectivity index (χ3v) is 9.33. The van der Waals surface area contributed by atoms with Crippen molar-refractivity contribution in [2.75, 3.05) is 38.1 Å². The lowest BCUT2D eigenvalue weighted by molar-refractivity contribution is -0.0000151. The van der Waals surface area contributed by atoms with Crippen molar-refractivity contribution in [2.24, 2.45) is 0 Å². The monoisotopic (exact) mass is 607 g/mol. The zero-order chi connectivity index (χ0) is 28.5. The van der Waals surface area contributed by atoms with Crippen LogP contribution in [0.15, 0.2) is 68.8 Å². The van der Waals surface area contributed by atoms with Gasteiger partial charge < -0.3 is 21.7 Å². The molecule has 0 fully saturated rings. The van der Waals surface area contributed by atoms with Gasteiger partial charge in [-0.15, -0.1) is 0 Å². The summed E-state index contributed by atoms with van der Waals surface area (Å²) in [4.78, 5) is 1.40. The van der Waals surface area contributed by atoms with E-state index in [0.29, 0.717) is 27.9 Å². The van der Waals surface area contributed by atoms with Gasteiger partial charge in [0.05, 0.1) is 15.9 Å². The van der Waals surface area contributed by atoms with Gasteiger partial charge in [-0.1, -0.05) is 6.07 Å². The van der Waals surface area contributed by atoms with Gasteiger partial charge in [0, 0.05) is 53.0 Å². The van der Waals surface area contributed by atoms with Crippen molar-refractivity contribution in [3.63, 3.8) is 0 Å². The number of rotatable bonds is 9. The summed E-state index contributed by atoms with van der Waals surface area (Å²) in [7, 11) is -7.52. The Morgan fingerprint density at radius 1 is 0.875 bits per heavy atom. The van der Waals surface area contributed by atoms with Gasteiger partial charge in [0.25, 0.3) is 10.1 Å². The molecule has 0 saturated heterocycles. The fraction of sp³-hybridized carbons (Fsp3) is 0.321. The molecule has 0 aromatic heterocycles. The summed E-state index contributed by atoms with van der Waals surface area (Å²) in [6, 6.07) is 15.2. The van der Waals surface area contributed by atoms with E-state index >= 15 is 0 Å². The maximum Gasteiger partial charge on any atom is 0.294 e. The van der Waals surface area contributed by atoms with Gasteiger partial charge in [0.15, 0.2) is 0 Å². The molecule has 216 valence electrons. The molecule has 2 aromatic rings. The molecule has 2 aliphatic rings. The average Bonchev–Trinajstić information content (AvgIpc) is 2.92. The van der Waals surface area contributed by atoms with E-state index in [2.05, 4.69) is 41.9 Å². The van der Waals surface area contributed by atoms with Crippen LogP contribution >= 0.6 is 0 Å². The fourth-order valence-electron chi connectivity index (χ4n) is 4.93. The molecule has 0 unspecified atom stereocenters. The maximum atomic E-state index is 13.2. The Hall–Kier alpha value is -2.96. The molecule has 0 atom stereocenters. The second-order valence-electron chi connectivity index (χ2n) is 9.02. The highest BCUT2D eigenvalue weighted by Crippen LogP contribution is 2.43. The van der Waals surface area contributed by atoms with Gasteiger partial charge in [-0.3, -0.25) is 4.55 Å². The zero-order valence-corrected chi connectivity index (χ0v) is 25.5. The first kappa shape index (κ1) is 31.6. The first-order valence-electron chi connectivity index (χ1n) is 12.9. The Balaban J connectivity index is 0.00000441. The van der Waals surface area contributed by atoms with E-state index in [4.69, 9.17) is 4.42 Å². The zero-order valence-electron chi connectivity index (χ0n) is 23.1. The van der Waals surface area contributed by atoms with Gasteiger partial charge in [-0.25, -0.2) is 17.7 Å². The van der Waals surface area contributed by atoms with Crippen LogP contribution in [0.2, 0.25) is 0 Å². The molecule has 0 radical (unpaired) electrons. The van der Waals surface area contributed by atoms with Crippen LogP contribution in [0.5, 0.6) is 0 Å². The number of halogens is 1. The summed E-state index contributed by atoms with van der Waals surface area (Å²) in [6.45, 7) is 11.5. The largest absolute Gasteiger partial charge is 1.00 e. The van der Waals surface area contributed by atoms with Crippen molar-refractivity contribution in [2.45, 2.75) is 37.5 Å². The van der Waals surface area contributed by atoms with E-state index < -0.39 is 25.0 Å². The molecule has 1 aliphatic heterocycles. The predicted molar refractivity (Wildman–Crippen MR) is 154 cm³/mol. The molecule has 0 spiro atoms. The first-order chi connectivity index (χ1) is 18.5. The second kappa shape index (κ2) is 12.3. The standard InChI is InChI=1S/C28H33N3O6S2.ClH/c1-6-30(7-2)19-10-13-22-25(16-19)37-26-17-20(31(8-3)9-4)11-14-23(26)28(22)24-15-12-21(39(34,35)36)18-27(24)38(32,33)29-5;/h10-18,29H,6-9H2,1-5H3;1H. The van der Waals surface area contributed by atoms with Crippen molar-refractivity contribution in [3.8, 4) is 22.5 Å². The van der Waals surface area contributed by atoms with E-state index in [1.54, 1.807) is 0 Å². The van der Waals surface area contributed by atoms with E-state index in [0.717, 1.165) is 43.3 Å². The molecule has 4 rings (SSSR count). The van der Waals surface area contributed by atoms with Crippen LogP contribution in [0.1, 0.15) is 27.7 Å². The van der Waals surface area contributed by atoms with Gasteiger partial charge in [-0.05, 0) is 65.1 Å². The normalized spacial score (nSPS) is 11.9. The van der Waals surface area contributed by atoms with Gasteiger partial charge in [0.1, 0.15) is 24.4 Å². The predicted octanol–water partition coefficient (Wildman–Crippen LogP) is 1.02. The highest BCUT2D eigenvalue weighted by Gasteiger charge is 2.27. The molecular weight excluding hydrogens is 574 g/mol. The number of benzene rings is 3. The Morgan fingerprint density at radius 3 is 2.10 bits per heavy atom. The van der Waals surface area contributed by atoms with Crippen molar-refractivity contribution < 1.29 is 38.2 Å².